The molecule has 0 N–H and O–H groups in total. The zero-order valence-corrected chi connectivity index (χ0v) is 10.8. The van der Waals surface area contributed by atoms with Gasteiger partial charge in [0.2, 0.25) is 0 Å². The molecule has 0 fully saturated rings. The van der Waals surface area contributed by atoms with Crippen LogP contribution in [0, 0.1) is 12.8 Å². The molecule has 0 unspecified atom stereocenters. The van der Waals surface area contributed by atoms with Gasteiger partial charge < -0.3 is 0 Å². The minimum atomic E-state index is 0.202. The summed E-state index contributed by atoms with van der Waals surface area (Å²) in [5.41, 5.74) is 2.53. The summed E-state index contributed by atoms with van der Waals surface area (Å²) in [6.45, 7) is 8.30. The molecule has 0 radical (unpaired) electrons. The first-order chi connectivity index (χ1) is 7.54. The monoisotopic (exact) mass is 218 g/mol. The number of hydrogen-bond donors (Lipinski definition) is 0. The summed E-state index contributed by atoms with van der Waals surface area (Å²) in [6.07, 6.45) is 1.61. The van der Waals surface area contributed by atoms with Crippen molar-refractivity contribution in [3.63, 3.8) is 0 Å². The van der Waals surface area contributed by atoms with Crippen molar-refractivity contribution in [1.29, 1.82) is 0 Å². The normalized spacial score (nSPS) is 14.5. The number of ketones is 1. The lowest BCUT2D eigenvalue weighted by Gasteiger charge is -2.14. The van der Waals surface area contributed by atoms with Crippen LogP contribution in [0.15, 0.2) is 24.3 Å². The number of rotatable bonds is 5. The molecule has 0 saturated heterocycles. The average Bonchev–Trinajstić information content (AvgIpc) is 2.28. The van der Waals surface area contributed by atoms with Crippen LogP contribution in [0.2, 0.25) is 0 Å². The smallest absolute Gasteiger partial charge is 0.136 e. The first kappa shape index (κ1) is 13.0. The Kier molecular flexibility index (Phi) is 4.72. The van der Waals surface area contributed by atoms with E-state index < -0.39 is 0 Å². The van der Waals surface area contributed by atoms with E-state index in [2.05, 4.69) is 45.0 Å². The number of carbonyl (C=O) groups excluding carboxylic acids is 1. The molecule has 0 amide bonds. The Hall–Kier alpha value is -1.11. The molecule has 0 bridgehead atoms. The van der Waals surface area contributed by atoms with Gasteiger partial charge in [-0.15, -0.1) is 0 Å². The summed E-state index contributed by atoms with van der Waals surface area (Å²) in [5.74, 6) is 0.922. The first-order valence-corrected chi connectivity index (χ1v) is 6.13. The van der Waals surface area contributed by atoms with Crippen molar-refractivity contribution in [2.75, 3.05) is 0 Å². The van der Waals surface area contributed by atoms with E-state index in [9.17, 15) is 4.79 Å². The van der Waals surface area contributed by atoms with Gasteiger partial charge in [-0.3, -0.25) is 4.79 Å². The summed E-state index contributed by atoms with van der Waals surface area (Å²) in [6, 6.07) is 8.48. The summed E-state index contributed by atoms with van der Waals surface area (Å²) in [4.78, 5) is 11.8. The van der Waals surface area contributed by atoms with Crippen molar-refractivity contribution in [3.05, 3.63) is 35.4 Å². The van der Waals surface area contributed by atoms with Crippen molar-refractivity contribution in [2.45, 2.75) is 46.5 Å². The Morgan fingerprint density at radius 1 is 1.19 bits per heavy atom. The molecular weight excluding hydrogens is 196 g/mol. The predicted octanol–water partition coefficient (Wildman–Crippen LogP) is 4.10. The fourth-order valence-electron chi connectivity index (χ4n) is 1.74. The Labute approximate surface area is 98.9 Å². The van der Waals surface area contributed by atoms with Gasteiger partial charge in [-0.05, 0) is 24.8 Å². The summed E-state index contributed by atoms with van der Waals surface area (Å²) >= 11 is 0. The number of Topliss-reactive ketones (excluding diaryl/α,β-unsaturated/α-hetero) is 1. The van der Waals surface area contributed by atoms with E-state index in [1.807, 2.05) is 6.92 Å². The third kappa shape index (κ3) is 3.48. The van der Waals surface area contributed by atoms with Crippen molar-refractivity contribution >= 4 is 5.78 Å². The SMILES string of the molecule is CC[C@H](C)C(=O)C[C@H](C)c1ccc(C)cc1. The molecule has 0 aliphatic heterocycles. The molecule has 2 atom stereocenters. The molecule has 1 aromatic rings. The van der Waals surface area contributed by atoms with Gasteiger partial charge in [0.25, 0.3) is 0 Å². The second-order valence-corrected chi connectivity index (χ2v) is 4.79. The predicted molar refractivity (Wildman–Crippen MR) is 68.7 cm³/mol. The van der Waals surface area contributed by atoms with Crippen LogP contribution in [0.3, 0.4) is 0 Å². The third-order valence-electron chi connectivity index (χ3n) is 3.32. The Balaban J connectivity index is 2.62. The largest absolute Gasteiger partial charge is 0.299 e. The van der Waals surface area contributed by atoms with Crippen LogP contribution in [0.5, 0.6) is 0 Å². The van der Waals surface area contributed by atoms with Crippen LogP contribution in [0.25, 0.3) is 0 Å². The highest BCUT2D eigenvalue weighted by Crippen LogP contribution is 2.22. The summed E-state index contributed by atoms with van der Waals surface area (Å²) in [7, 11) is 0. The maximum Gasteiger partial charge on any atom is 0.136 e. The number of carbonyl (C=O) groups is 1. The van der Waals surface area contributed by atoms with Crippen molar-refractivity contribution < 1.29 is 4.79 Å². The van der Waals surface area contributed by atoms with Crippen LogP contribution < -0.4 is 0 Å². The fraction of sp³-hybridized carbons (Fsp3) is 0.533. The van der Waals surface area contributed by atoms with Crippen LogP contribution in [0.4, 0.5) is 0 Å². The minimum absolute atomic E-state index is 0.202. The number of aryl methyl sites for hydroxylation is 1. The molecule has 0 spiro atoms. The number of hydrogen-bond acceptors (Lipinski definition) is 1. The van der Waals surface area contributed by atoms with Crippen molar-refractivity contribution in [2.24, 2.45) is 5.92 Å². The van der Waals surface area contributed by atoms with Crippen LogP contribution in [-0.4, -0.2) is 5.78 Å². The van der Waals surface area contributed by atoms with Gasteiger partial charge in [-0.25, -0.2) is 0 Å². The van der Waals surface area contributed by atoms with Gasteiger partial charge in [0, 0.05) is 12.3 Å². The molecular formula is C15H22O. The molecule has 0 aromatic heterocycles. The lowest BCUT2D eigenvalue weighted by Crippen LogP contribution is -2.12. The Morgan fingerprint density at radius 3 is 2.25 bits per heavy atom. The van der Waals surface area contributed by atoms with Crippen LogP contribution in [-0.2, 0) is 4.79 Å². The van der Waals surface area contributed by atoms with Crippen LogP contribution in [0.1, 0.15) is 50.7 Å². The van der Waals surface area contributed by atoms with E-state index in [0.29, 0.717) is 18.1 Å². The fourth-order valence-corrected chi connectivity index (χ4v) is 1.74. The second-order valence-electron chi connectivity index (χ2n) is 4.79. The molecule has 16 heavy (non-hydrogen) atoms. The van der Waals surface area contributed by atoms with Crippen molar-refractivity contribution in [3.8, 4) is 0 Å². The van der Waals surface area contributed by atoms with E-state index in [-0.39, 0.29) is 5.92 Å². The van der Waals surface area contributed by atoms with Gasteiger partial charge in [0.1, 0.15) is 5.78 Å². The molecule has 0 heterocycles. The molecule has 1 aromatic carbocycles. The highest BCUT2D eigenvalue weighted by Gasteiger charge is 2.15. The van der Waals surface area contributed by atoms with Gasteiger partial charge >= 0.3 is 0 Å². The maximum absolute atomic E-state index is 11.8. The molecule has 1 heteroatoms. The maximum atomic E-state index is 11.8. The van der Waals surface area contributed by atoms with E-state index in [4.69, 9.17) is 0 Å². The Bertz CT molecular complexity index is 337. The Morgan fingerprint density at radius 2 is 1.75 bits per heavy atom. The lowest BCUT2D eigenvalue weighted by atomic mass is 9.90. The molecule has 1 nitrogen and oxygen atoms in total. The standard InChI is InChI=1S/C15H22O/c1-5-12(3)15(16)10-13(4)14-8-6-11(2)7-9-14/h6-9,12-13H,5,10H2,1-4H3/t12-,13-/m0/s1. The third-order valence-corrected chi connectivity index (χ3v) is 3.32. The van der Waals surface area contributed by atoms with E-state index in [1.54, 1.807) is 0 Å². The lowest BCUT2D eigenvalue weighted by molar-refractivity contribution is -0.122. The van der Waals surface area contributed by atoms with E-state index in [0.717, 1.165) is 6.42 Å². The van der Waals surface area contributed by atoms with Gasteiger partial charge in [0.15, 0.2) is 0 Å². The molecule has 0 aliphatic carbocycles. The number of benzene rings is 1. The molecule has 0 aliphatic rings. The van der Waals surface area contributed by atoms with Gasteiger partial charge in [-0.2, -0.15) is 0 Å². The van der Waals surface area contributed by atoms with Crippen molar-refractivity contribution in [1.82, 2.24) is 0 Å². The summed E-state index contributed by atoms with van der Waals surface area (Å²) in [5, 5.41) is 0. The van der Waals surface area contributed by atoms with E-state index in [1.165, 1.54) is 11.1 Å². The quantitative estimate of drug-likeness (QED) is 0.727. The summed E-state index contributed by atoms with van der Waals surface area (Å²) < 4.78 is 0. The highest BCUT2D eigenvalue weighted by atomic mass is 16.1. The minimum Gasteiger partial charge on any atom is -0.299 e. The first-order valence-electron chi connectivity index (χ1n) is 6.13. The second kappa shape index (κ2) is 5.83. The van der Waals surface area contributed by atoms with E-state index >= 15 is 0 Å². The van der Waals surface area contributed by atoms with Gasteiger partial charge in [0.05, 0.1) is 0 Å². The highest BCUT2D eigenvalue weighted by molar-refractivity contribution is 5.81. The molecule has 0 saturated carbocycles. The van der Waals surface area contributed by atoms with Crippen LogP contribution >= 0.6 is 0 Å². The zero-order valence-electron chi connectivity index (χ0n) is 10.8. The average molecular weight is 218 g/mol. The zero-order chi connectivity index (χ0) is 12.1. The molecule has 88 valence electrons. The topological polar surface area (TPSA) is 17.1 Å². The van der Waals surface area contributed by atoms with Gasteiger partial charge in [-0.1, -0.05) is 50.6 Å². The molecule has 1 rings (SSSR count).